The molecule has 140 valence electrons. The lowest BCUT2D eigenvalue weighted by Gasteiger charge is -2.27. The molecule has 26 heavy (non-hydrogen) atoms. The fourth-order valence-electron chi connectivity index (χ4n) is 3.14. The predicted octanol–water partition coefficient (Wildman–Crippen LogP) is 2.48. The summed E-state index contributed by atoms with van der Waals surface area (Å²) in [6.07, 6.45) is 1.16. The van der Waals surface area contributed by atoms with E-state index in [1.54, 1.807) is 11.0 Å². The molecule has 0 bridgehead atoms. The molecule has 2 aromatic rings. The van der Waals surface area contributed by atoms with E-state index in [4.69, 9.17) is 4.74 Å². The van der Waals surface area contributed by atoms with Gasteiger partial charge in [0.05, 0.1) is 11.5 Å². The quantitative estimate of drug-likeness (QED) is 0.702. The monoisotopic (exact) mass is 395 g/mol. The molecule has 0 saturated carbocycles. The van der Waals surface area contributed by atoms with E-state index in [-0.39, 0.29) is 30.1 Å². The maximum atomic E-state index is 12.5. The molecule has 6 nitrogen and oxygen atoms in total. The topological polar surface area (TPSA) is 80.8 Å². The Morgan fingerprint density at radius 3 is 2.73 bits per heavy atom. The number of rotatable bonds is 6. The molecule has 1 saturated heterocycles. The highest BCUT2D eigenvalue weighted by Crippen LogP contribution is 2.26. The number of carbonyl (C=O) groups is 2. The van der Waals surface area contributed by atoms with Crippen molar-refractivity contribution >= 4 is 43.1 Å². The second-order valence-electron chi connectivity index (χ2n) is 6.37. The van der Waals surface area contributed by atoms with Crippen molar-refractivity contribution in [2.75, 3.05) is 24.7 Å². The lowest BCUT2D eigenvalue weighted by Crippen LogP contribution is -2.43. The summed E-state index contributed by atoms with van der Waals surface area (Å²) in [6, 6.07) is 9.06. The van der Waals surface area contributed by atoms with E-state index in [0.717, 1.165) is 10.1 Å². The smallest absolute Gasteiger partial charge is 0.348 e. The molecule has 1 aromatic heterocycles. The number of sulfone groups is 1. The van der Waals surface area contributed by atoms with Crippen molar-refractivity contribution in [3.8, 4) is 0 Å². The molecule has 2 heterocycles. The Morgan fingerprint density at radius 2 is 2.08 bits per heavy atom. The van der Waals surface area contributed by atoms with Gasteiger partial charge in [0.15, 0.2) is 16.4 Å². The summed E-state index contributed by atoms with van der Waals surface area (Å²) in [7, 11) is -3.08. The molecule has 0 aliphatic carbocycles. The Morgan fingerprint density at radius 1 is 1.31 bits per heavy atom. The zero-order valence-electron chi connectivity index (χ0n) is 14.5. The maximum Gasteiger partial charge on any atom is 0.348 e. The van der Waals surface area contributed by atoms with Gasteiger partial charge in [0, 0.05) is 17.3 Å². The van der Waals surface area contributed by atoms with Gasteiger partial charge in [-0.3, -0.25) is 4.79 Å². The van der Waals surface area contributed by atoms with Crippen LogP contribution in [0.15, 0.2) is 30.3 Å². The van der Waals surface area contributed by atoms with Crippen LogP contribution in [-0.2, 0) is 19.4 Å². The number of ether oxygens (including phenoxy) is 1. The molecule has 1 aliphatic heterocycles. The van der Waals surface area contributed by atoms with Crippen molar-refractivity contribution in [2.45, 2.75) is 25.8 Å². The molecule has 1 aliphatic rings. The lowest BCUT2D eigenvalue weighted by atomic mass is 10.2. The van der Waals surface area contributed by atoms with E-state index < -0.39 is 15.8 Å². The van der Waals surface area contributed by atoms with Gasteiger partial charge in [-0.15, -0.1) is 11.3 Å². The molecule has 0 unspecified atom stereocenters. The highest BCUT2D eigenvalue weighted by Gasteiger charge is 2.34. The van der Waals surface area contributed by atoms with Crippen molar-refractivity contribution in [1.82, 2.24) is 4.90 Å². The van der Waals surface area contributed by atoms with Crippen LogP contribution in [0.25, 0.3) is 10.1 Å². The number of thiophene rings is 1. The number of fused-ring (bicyclic) bond motifs is 1. The largest absolute Gasteiger partial charge is 0.451 e. The van der Waals surface area contributed by atoms with E-state index in [1.807, 2.05) is 31.2 Å². The van der Waals surface area contributed by atoms with E-state index in [1.165, 1.54) is 11.3 Å². The number of hydrogen-bond donors (Lipinski definition) is 0. The minimum Gasteiger partial charge on any atom is -0.451 e. The standard InChI is InChI=1S/C18H21NO5S2/c1-2-8-19(14-7-9-26(22,23)12-14)17(20)11-24-18(21)16-10-13-5-3-4-6-15(13)25-16/h3-6,10,14H,2,7-9,11-12H2,1H3/t14-/m1/s1. The molecule has 0 radical (unpaired) electrons. The molecular formula is C18H21NO5S2. The Balaban J connectivity index is 1.63. The van der Waals surface area contributed by atoms with Crippen LogP contribution in [0.4, 0.5) is 0 Å². The molecule has 0 N–H and O–H groups in total. The van der Waals surface area contributed by atoms with Crippen molar-refractivity contribution in [3.05, 3.63) is 35.2 Å². The Labute approximate surface area is 156 Å². The third kappa shape index (κ3) is 4.24. The molecule has 1 atom stereocenters. The summed E-state index contributed by atoms with van der Waals surface area (Å²) in [5.74, 6) is -0.783. The highest BCUT2D eigenvalue weighted by atomic mass is 32.2. The first-order chi connectivity index (χ1) is 12.4. The Bertz CT molecular complexity index is 886. The van der Waals surface area contributed by atoms with Crippen LogP contribution in [0.2, 0.25) is 0 Å². The summed E-state index contributed by atoms with van der Waals surface area (Å²) in [4.78, 5) is 26.7. The summed E-state index contributed by atoms with van der Waals surface area (Å²) in [5.41, 5.74) is 0. The zero-order valence-corrected chi connectivity index (χ0v) is 16.1. The van der Waals surface area contributed by atoms with Crippen LogP contribution in [0.5, 0.6) is 0 Å². The molecule has 3 rings (SSSR count). The average molecular weight is 396 g/mol. The van der Waals surface area contributed by atoms with Gasteiger partial charge < -0.3 is 9.64 Å². The molecule has 1 fully saturated rings. The van der Waals surface area contributed by atoms with E-state index in [2.05, 4.69) is 0 Å². The minimum absolute atomic E-state index is 0.0109. The van der Waals surface area contributed by atoms with Gasteiger partial charge in [0.2, 0.25) is 0 Å². The summed E-state index contributed by atoms with van der Waals surface area (Å²) < 4.78 is 29.5. The second-order valence-corrected chi connectivity index (χ2v) is 9.68. The fraction of sp³-hybridized carbons (Fsp3) is 0.444. The summed E-state index contributed by atoms with van der Waals surface area (Å²) >= 11 is 1.32. The van der Waals surface area contributed by atoms with Gasteiger partial charge in [-0.1, -0.05) is 25.1 Å². The van der Waals surface area contributed by atoms with Gasteiger partial charge in [-0.25, -0.2) is 13.2 Å². The fourth-order valence-corrected chi connectivity index (χ4v) is 5.82. The number of nitrogens with zero attached hydrogens (tertiary/aromatic N) is 1. The molecule has 8 heteroatoms. The third-order valence-corrected chi connectivity index (χ3v) is 7.23. The van der Waals surface area contributed by atoms with Crippen LogP contribution in [-0.4, -0.2) is 55.9 Å². The van der Waals surface area contributed by atoms with Gasteiger partial charge >= 0.3 is 5.97 Å². The van der Waals surface area contributed by atoms with E-state index in [0.29, 0.717) is 24.3 Å². The van der Waals surface area contributed by atoms with Crippen molar-refractivity contribution < 1.29 is 22.7 Å². The molecule has 0 spiro atoms. The van der Waals surface area contributed by atoms with Gasteiger partial charge in [-0.2, -0.15) is 0 Å². The van der Waals surface area contributed by atoms with Crippen LogP contribution >= 0.6 is 11.3 Å². The maximum absolute atomic E-state index is 12.5. The van der Waals surface area contributed by atoms with Crippen LogP contribution in [0.1, 0.15) is 29.4 Å². The van der Waals surface area contributed by atoms with E-state index in [9.17, 15) is 18.0 Å². The van der Waals surface area contributed by atoms with Crippen LogP contribution < -0.4 is 0 Å². The molecule has 1 aromatic carbocycles. The van der Waals surface area contributed by atoms with Gasteiger partial charge in [0.1, 0.15) is 4.88 Å². The predicted molar refractivity (Wildman–Crippen MR) is 101 cm³/mol. The number of esters is 1. The van der Waals surface area contributed by atoms with E-state index >= 15 is 0 Å². The van der Waals surface area contributed by atoms with Gasteiger partial charge in [-0.05, 0) is 30.4 Å². The summed E-state index contributed by atoms with van der Waals surface area (Å²) in [5, 5.41) is 0.958. The first kappa shape index (κ1) is 18.8. The minimum atomic E-state index is -3.08. The molecular weight excluding hydrogens is 374 g/mol. The zero-order chi connectivity index (χ0) is 18.7. The first-order valence-corrected chi connectivity index (χ1v) is 11.2. The Kier molecular flexibility index (Phi) is 5.62. The SMILES string of the molecule is CCCN(C(=O)COC(=O)c1cc2ccccc2s1)[C@@H]1CCS(=O)(=O)C1. The van der Waals surface area contributed by atoms with Crippen molar-refractivity contribution in [1.29, 1.82) is 0 Å². The number of carbonyl (C=O) groups excluding carboxylic acids is 2. The first-order valence-electron chi connectivity index (χ1n) is 8.55. The summed E-state index contributed by atoms with van der Waals surface area (Å²) in [6.45, 7) is 2.01. The normalized spacial score (nSPS) is 18.7. The number of hydrogen-bond acceptors (Lipinski definition) is 6. The lowest BCUT2D eigenvalue weighted by molar-refractivity contribution is -0.136. The van der Waals surface area contributed by atoms with Crippen molar-refractivity contribution in [3.63, 3.8) is 0 Å². The van der Waals surface area contributed by atoms with Crippen LogP contribution in [0.3, 0.4) is 0 Å². The highest BCUT2D eigenvalue weighted by molar-refractivity contribution is 7.91. The number of amides is 1. The Hall–Kier alpha value is -1.93. The third-order valence-electron chi connectivity index (χ3n) is 4.39. The number of benzene rings is 1. The van der Waals surface area contributed by atoms with Crippen molar-refractivity contribution in [2.24, 2.45) is 0 Å². The van der Waals surface area contributed by atoms with Gasteiger partial charge in [0.25, 0.3) is 5.91 Å². The molecule has 1 amide bonds. The second kappa shape index (κ2) is 7.75. The van der Waals surface area contributed by atoms with Crippen LogP contribution in [0, 0.1) is 0 Å². The average Bonchev–Trinajstić information content (AvgIpc) is 3.20.